The SMILES string of the molecule is COc1cccc(C/N=C/c2ccc(N(C)C)cc2)c1. The van der Waals surface area contributed by atoms with Gasteiger partial charge in [0, 0.05) is 26.0 Å². The number of aliphatic imine (C=N–C) groups is 1. The normalized spacial score (nSPS) is 10.8. The van der Waals surface area contributed by atoms with E-state index in [1.54, 1.807) is 7.11 Å². The molecular formula is C17H20N2O. The van der Waals surface area contributed by atoms with Crippen molar-refractivity contribution in [1.29, 1.82) is 0 Å². The van der Waals surface area contributed by atoms with Crippen molar-refractivity contribution >= 4 is 11.9 Å². The third-order valence-electron chi connectivity index (χ3n) is 3.06. The molecule has 3 nitrogen and oxygen atoms in total. The lowest BCUT2D eigenvalue weighted by atomic mass is 10.2. The van der Waals surface area contributed by atoms with Crippen molar-refractivity contribution in [1.82, 2.24) is 0 Å². The molecule has 2 aromatic rings. The van der Waals surface area contributed by atoms with Crippen LogP contribution in [0.5, 0.6) is 5.75 Å². The van der Waals surface area contributed by atoms with Crippen molar-refractivity contribution < 1.29 is 4.74 Å². The maximum absolute atomic E-state index is 5.20. The van der Waals surface area contributed by atoms with Crippen LogP contribution >= 0.6 is 0 Å². The van der Waals surface area contributed by atoms with Crippen molar-refractivity contribution in [3.05, 3.63) is 59.7 Å². The Hall–Kier alpha value is -2.29. The summed E-state index contributed by atoms with van der Waals surface area (Å²) in [6.45, 7) is 0.659. The van der Waals surface area contributed by atoms with Crippen LogP contribution in [0.4, 0.5) is 5.69 Å². The molecule has 0 N–H and O–H groups in total. The molecule has 0 amide bonds. The highest BCUT2D eigenvalue weighted by molar-refractivity contribution is 5.80. The van der Waals surface area contributed by atoms with E-state index in [9.17, 15) is 0 Å². The minimum atomic E-state index is 0.659. The number of ether oxygens (including phenoxy) is 1. The van der Waals surface area contributed by atoms with Gasteiger partial charge in [-0.25, -0.2) is 0 Å². The van der Waals surface area contributed by atoms with Gasteiger partial charge >= 0.3 is 0 Å². The van der Waals surface area contributed by atoms with Crippen molar-refractivity contribution in [2.75, 3.05) is 26.1 Å². The molecule has 0 spiro atoms. The van der Waals surface area contributed by atoms with E-state index in [4.69, 9.17) is 4.74 Å². The average molecular weight is 268 g/mol. The first-order valence-electron chi connectivity index (χ1n) is 6.59. The zero-order valence-corrected chi connectivity index (χ0v) is 12.2. The van der Waals surface area contributed by atoms with Gasteiger partial charge < -0.3 is 9.64 Å². The van der Waals surface area contributed by atoms with Crippen LogP contribution in [0.3, 0.4) is 0 Å². The van der Waals surface area contributed by atoms with Crippen LogP contribution in [0.1, 0.15) is 11.1 Å². The Morgan fingerprint density at radius 3 is 2.50 bits per heavy atom. The summed E-state index contributed by atoms with van der Waals surface area (Å²) in [6.07, 6.45) is 1.90. The lowest BCUT2D eigenvalue weighted by molar-refractivity contribution is 0.414. The van der Waals surface area contributed by atoms with Gasteiger partial charge in [0.05, 0.1) is 13.7 Å². The number of hydrogen-bond acceptors (Lipinski definition) is 3. The second-order valence-electron chi connectivity index (χ2n) is 4.81. The van der Waals surface area contributed by atoms with Crippen molar-refractivity contribution in [3.8, 4) is 5.75 Å². The molecule has 0 unspecified atom stereocenters. The molecule has 0 aromatic heterocycles. The molecule has 0 saturated carbocycles. The largest absolute Gasteiger partial charge is 0.497 e. The third-order valence-corrected chi connectivity index (χ3v) is 3.06. The maximum atomic E-state index is 5.20. The Labute approximate surface area is 120 Å². The van der Waals surface area contributed by atoms with E-state index in [0.717, 1.165) is 16.9 Å². The van der Waals surface area contributed by atoms with Crippen molar-refractivity contribution in [2.24, 2.45) is 4.99 Å². The van der Waals surface area contributed by atoms with Crippen molar-refractivity contribution in [3.63, 3.8) is 0 Å². The molecule has 0 aliphatic heterocycles. The van der Waals surface area contributed by atoms with Crippen LogP contribution in [0.2, 0.25) is 0 Å². The van der Waals surface area contributed by atoms with Gasteiger partial charge in [0.25, 0.3) is 0 Å². The third kappa shape index (κ3) is 3.85. The molecule has 3 heteroatoms. The first-order chi connectivity index (χ1) is 9.69. The Kier molecular flexibility index (Phi) is 4.77. The van der Waals surface area contributed by atoms with E-state index in [-0.39, 0.29) is 0 Å². The number of benzene rings is 2. The molecular weight excluding hydrogens is 248 g/mol. The van der Waals surface area contributed by atoms with Gasteiger partial charge in [0.1, 0.15) is 5.75 Å². The summed E-state index contributed by atoms with van der Waals surface area (Å²) >= 11 is 0. The lowest BCUT2D eigenvalue weighted by Crippen LogP contribution is -2.08. The average Bonchev–Trinajstić information content (AvgIpc) is 2.48. The van der Waals surface area contributed by atoms with Crippen LogP contribution < -0.4 is 9.64 Å². The Balaban J connectivity index is 1.98. The molecule has 0 fully saturated rings. The fourth-order valence-corrected chi connectivity index (χ4v) is 1.89. The molecule has 104 valence electrons. The molecule has 0 aliphatic carbocycles. The van der Waals surface area contributed by atoms with E-state index < -0.39 is 0 Å². The minimum absolute atomic E-state index is 0.659. The van der Waals surface area contributed by atoms with Crippen LogP contribution in [-0.2, 0) is 6.54 Å². The van der Waals surface area contributed by atoms with E-state index in [1.807, 2.05) is 38.5 Å². The van der Waals surface area contributed by atoms with Gasteiger partial charge in [0.2, 0.25) is 0 Å². The monoisotopic (exact) mass is 268 g/mol. The molecule has 2 aromatic carbocycles. The molecule has 2 rings (SSSR count). The molecule has 0 radical (unpaired) electrons. The van der Waals surface area contributed by atoms with E-state index in [2.05, 4.69) is 40.2 Å². The van der Waals surface area contributed by atoms with Gasteiger partial charge in [-0.15, -0.1) is 0 Å². The zero-order chi connectivity index (χ0) is 14.4. The van der Waals surface area contributed by atoms with Gasteiger partial charge in [-0.2, -0.15) is 0 Å². The summed E-state index contributed by atoms with van der Waals surface area (Å²) in [5.41, 5.74) is 3.44. The van der Waals surface area contributed by atoms with Crippen LogP contribution in [0.25, 0.3) is 0 Å². The predicted octanol–water partition coefficient (Wildman–Crippen LogP) is 3.38. The molecule has 0 bridgehead atoms. The molecule has 0 heterocycles. The topological polar surface area (TPSA) is 24.8 Å². The molecule has 0 saturated heterocycles. The highest BCUT2D eigenvalue weighted by Gasteiger charge is 1.95. The Morgan fingerprint density at radius 1 is 1.10 bits per heavy atom. The number of methoxy groups -OCH3 is 1. The van der Waals surface area contributed by atoms with E-state index in [1.165, 1.54) is 5.69 Å². The maximum Gasteiger partial charge on any atom is 0.119 e. The van der Waals surface area contributed by atoms with Gasteiger partial charge in [0.15, 0.2) is 0 Å². The number of hydrogen-bond donors (Lipinski definition) is 0. The molecule has 0 atom stereocenters. The number of rotatable bonds is 5. The predicted molar refractivity (Wildman–Crippen MR) is 85.1 cm³/mol. The summed E-state index contributed by atoms with van der Waals surface area (Å²) in [5, 5.41) is 0. The summed E-state index contributed by atoms with van der Waals surface area (Å²) in [7, 11) is 5.74. The fourth-order valence-electron chi connectivity index (χ4n) is 1.89. The second-order valence-corrected chi connectivity index (χ2v) is 4.81. The van der Waals surface area contributed by atoms with Crippen molar-refractivity contribution in [2.45, 2.75) is 6.54 Å². The van der Waals surface area contributed by atoms with E-state index >= 15 is 0 Å². The van der Waals surface area contributed by atoms with Gasteiger partial charge in [-0.1, -0.05) is 24.3 Å². The quantitative estimate of drug-likeness (QED) is 0.777. The number of anilines is 1. The van der Waals surface area contributed by atoms with Gasteiger partial charge in [-0.3, -0.25) is 4.99 Å². The standard InChI is InChI=1S/C17H20N2O/c1-19(2)16-9-7-14(8-10-16)12-18-13-15-5-4-6-17(11-15)20-3/h4-12H,13H2,1-3H3/b18-12+. The number of nitrogens with zero attached hydrogens (tertiary/aromatic N) is 2. The highest BCUT2D eigenvalue weighted by Crippen LogP contribution is 2.14. The summed E-state index contributed by atoms with van der Waals surface area (Å²) in [4.78, 5) is 6.55. The van der Waals surface area contributed by atoms with Crippen LogP contribution in [0, 0.1) is 0 Å². The fraction of sp³-hybridized carbons (Fsp3) is 0.235. The molecule has 0 aliphatic rings. The zero-order valence-electron chi connectivity index (χ0n) is 12.2. The lowest BCUT2D eigenvalue weighted by Gasteiger charge is -2.11. The summed E-state index contributed by atoms with van der Waals surface area (Å²) < 4.78 is 5.20. The summed E-state index contributed by atoms with van der Waals surface area (Å²) in [5.74, 6) is 0.869. The second kappa shape index (κ2) is 6.75. The van der Waals surface area contributed by atoms with E-state index in [0.29, 0.717) is 6.54 Å². The first-order valence-corrected chi connectivity index (χ1v) is 6.59. The summed E-state index contributed by atoms with van der Waals surface area (Å²) in [6, 6.07) is 16.3. The Bertz CT molecular complexity index is 574. The molecule has 20 heavy (non-hydrogen) atoms. The first kappa shape index (κ1) is 14.1. The smallest absolute Gasteiger partial charge is 0.119 e. The highest BCUT2D eigenvalue weighted by atomic mass is 16.5. The minimum Gasteiger partial charge on any atom is -0.497 e. The van der Waals surface area contributed by atoms with Gasteiger partial charge in [-0.05, 0) is 35.4 Å². The van der Waals surface area contributed by atoms with Crippen LogP contribution in [-0.4, -0.2) is 27.4 Å². The van der Waals surface area contributed by atoms with Crippen LogP contribution in [0.15, 0.2) is 53.5 Å². The Morgan fingerprint density at radius 2 is 1.85 bits per heavy atom.